The van der Waals surface area contributed by atoms with E-state index >= 15 is 0 Å². The molecule has 1 aliphatic heterocycles. The van der Waals surface area contributed by atoms with E-state index in [1.54, 1.807) is 0 Å². The molecule has 1 amide bonds. The summed E-state index contributed by atoms with van der Waals surface area (Å²) in [7, 11) is 0. The average Bonchev–Trinajstić information content (AvgIpc) is 3.25. The second-order valence-electron chi connectivity index (χ2n) is 5.89. The third-order valence-electron chi connectivity index (χ3n) is 4.39. The van der Waals surface area contributed by atoms with Crippen LogP contribution in [0.15, 0.2) is 24.3 Å². The van der Waals surface area contributed by atoms with Crippen LogP contribution in [-0.2, 0) is 4.79 Å². The number of likely N-dealkylation sites (tertiary alicyclic amines) is 1. The molecule has 104 valence electrons. The average molecular weight is 286 g/mol. The van der Waals surface area contributed by atoms with Crippen molar-refractivity contribution in [1.29, 1.82) is 0 Å². The highest BCUT2D eigenvalue weighted by Gasteiger charge is 2.35. The van der Waals surface area contributed by atoms with Crippen molar-refractivity contribution in [3.63, 3.8) is 0 Å². The van der Waals surface area contributed by atoms with Crippen LogP contribution in [0.2, 0.25) is 0 Å². The number of carbonyl (C=O) groups excluding carboxylic acids is 1. The van der Waals surface area contributed by atoms with Crippen molar-refractivity contribution >= 4 is 27.5 Å². The van der Waals surface area contributed by atoms with Gasteiger partial charge in [0.15, 0.2) is 0 Å². The van der Waals surface area contributed by atoms with Crippen LogP contribution in [0.3, 0.4) is 0 Å². The highest BCUT2D eigenvalue weighted by atomic mass is 32.1. The summed E-state index contributed by atoms with van der Waals surface area (Å²) in [6.07, 6.45) is 4.35. The normalized spacial score (nSPS) is 20.5. The van der Waals surface area contributed by atoms with Gasteiger partial charge in [-0.05, 0) is 37.8 Å². The maximum atomic E-state index is 12.1. The molecule has 1 aliphatic carbocycles. The Hall–Kier alpha value is -1.42. The first-order chi connectivity index (χ1) is 9.81. The Bertz CT molecular complexity index is 606. The summed E-state index contributed by atoms with van der Waals surface area (Å²) in [5.41, 5.74) is 1.11. The Morgan fingerprint density at radius 1 is 1.15 bits per heavy atom. The Balaban J connectivity index is 1.46. The van der Waals surface area contributed by atoms with E-state index in [9.17, 15) is 4.79 Å². The number of carbonyl (C=O) groups is 1. The number of rotatable bonds is 2. The summed E-state index contributed by atoms with van der Waals surface area (Å²) in [6, 6.07) is 8.34. The summed E-state index contributed by atoms with van der Waals surface area (Å²) in [5.74, 6) is 1.29. The number of thiazole rings is 1. The summed E-state index contributed by atoms with van der Waals surface area (Å²) >= 11 is 1.82. The van der Waals surface area contributed by atoms with Gasteiger partial charge in [0.25, 0.3) is 0 Å². The first kappa shape index (κ1) is 12.3. The minimum Gasteiger partial charge on any atom is -0.342 e. The van der Waals surface area contributed by atoms with Crippen LogP contribution in [0.25, 0.3) is 10.2 Å². The van der Waals surface area contributed by atoms with Gasteiger partial charge in [0, 0.05) is 24.9 Å². The van der Waals surface area contributed by atoms with Crippen molar-refractivity contribution in [3.05, 3.63) is 29.3 Å². The number of hydrogen-bond acceptors (Lipinski definition) is 3. The van der Waals surface area contributed by atoms with Crippen LogP contribution >= 0.6 is 11.3 Å². The molecule has 0 spiro atoms. The van der Waals surface area contributed by atoms with Crippen LogP contribution in [-0.4, -0.2) is 28.9 Å². The van der Waals surface area contributed by atoms with E-state index in [-0.39, 0.29) is 0 Å². The molecule has 3 nitrogen and oxygen atoms in total. The first-order valence-electron chi connectivity index (χ1n) is 7.45. The van der Waals surface area contributed by atoms with Gasteiger partial charge in [-0.3, -0.25) is 4.79 Å². The minimum absolute atomic E-state index is 0.356. The zero-order valence-corrected chi connectivity index (χ0v) is 12.2. The maximum absolute atomic E-state index is 12.1. The van der Waals surface area contributed by atoms with Gasteiger partial charge in [0.05, 0.1) is 15.2 Å². The lowest BCUT2D eigenvalue weighted by molar-refractivity contribution is -0.133. The van der Waals surface area contributed by atoms with E-state index in [0.717, 1.165) is 44.3 Å². The summed E-state index contributed by atoms with van der Waals surface area (Å²) in [4.78, 5) is 18.9. The number of benzene rings is 1. The van der Waals surface area contributed by atoms with E-state index in [0.29, 0.717) is 17.7 Å². The van der Waals surface area contributed by atoms with Crippen LogP contribution in [0, 0.1) is 5.92 Å². The van der Waals surface area contributed by atoms with E-state index in [2.05, 4.69) is 23.1 Å². The van der Waals surface area contributed by atoms with Crippen molar-refractivity contribution in [1.82, 2.24) is 9.88 Å². The van der Waals surface area contributed by atoms with Crippen molar-refractivity contribution in [2.24, 2.45) is 5.92 Å². The van der Waals surface area contributed by atoms with E-state index in [4.69, 9.17) is 4.98 Å². The molecule has 1 aromatic carbocycles. The third kappa shape index (κ3) is 2.22. The topological polar surface area (TPSA) is 33.2 Å². The monoisotopic (exact) mass is 286 g/mol. The second-order valence-corrected chi connectivity index (χ2v) is 6.96. The second kappa shape index (κ2) is 4.85. The van der Waals surface area contributed by atoms with Gasteiger partial charge in [-0.1, -0.05) is 12.1 Å². The Morgan fingerprint density at radius 3 is 2.60 bits per heavy atom. The molecule has 0 N–H and O–H groups in total. The molecular weight excluding hydrogens is 268 g/mol. The van der Waals surface area contributed by atoms with Crippen molar-refractivity contribution in [2.75, 3.05) is 13.1 Å². The Kier molecular flexibility index (Phi) is 2.99. The predicted octanol–water partition coefficient (Wildman–Crippen LogP) is 3.41. The van der Waals surface area contributed by atoms with Crippen molar-refractivity contribution < 1.29 is 4.79 Å². The fourth-order valence-electron chi connectivity index (χ4n) is 3.00. The lowest BCUT2D eigenvalue weighted by atomic mass is 9.97. The quantitative estimate of drug-likeness (QED) is 0.847. The number of fused-ring (bicyclic) bond motifs is 1. The molecule has 4 rings (SSSR count). The number of hydrogen-bond donors (Lipinski definition) is 0. The standard InChI is InChI=1S/C16H18N2OS/c19-16(12-5-6-12)18-9-7-11(8-10-18)15-17-13-3-1-2-4-14(13)20-15/h1-4,11-12H,5-10H2. The molecule has 1 saturated heterocycles. The highest BCUT2D eigenvalue weighted by Crippen LogP contribution is 2.36. The van der Waals surface area contributed by atoms with Gasteiger partial charge in [-0.15, -0.1) is 11.3 Å². The molecular formula is C16H18N2OS. The summed E-state index contributed by atoms with van der Waals surface area (Å²) in [5, 5.41) is 1.25. The maximum Gasteiger partial charge on any atom is 0.225 e. The molecule has 4 heteroatoms. The fraction of sp³-hybridized carbons (Fsp3) is 0.500. The molecule has 2 aromatic rings. The molecule has 0 unspecified atom stereocenters. The predicted molar refractivity (Wildman–Crippen MR) is 80.9 cm³/mol. The summed E-state index contributed by atoms with van der Waals surface area (Å²) in [6.45, 7) is 1.83. The number of para-hydroxylation sites is 1. The third-order valence-corrected chi connectivity index (χ3v) is 5.59. The van der Waals surface area contributed by atoms with Crippen molar-refractivity contribution in [2.45, 2.75) is 31.6 Å². The van der Waals surface area contributed by atoms with Gasteiger partial charge in [-0.2, -0.15) is 0 Å². The van der Waals surface area contributed by atoms with Gasteiger partial charge in [0.1, 0.15) is 0 Å². The number of amides is 1. The lowest BCUT2D eigenvalue weighted by Crippen LogP contribution is -2.38. The molecule has 1 saturated carbocycles. The van der Waals surface area contributed by atoms with Gasteiger partial charge < -0.3 is 4.90 Å². The van der Waals surface area contributed by atoms with Gasteiger partial charge in [-0.25, -0.2) is 4.98 Å². The number of piperidine rings is 1. The Labute approximate surface area is 122 Å². The zero-order valence-electron chi connectivity index (χ0n) is 11.4. The largest absolute Gasteiger partial charge is 0.342 e. The van der Waals surface area contributed by atoms with Gasteiger partial charge >= 0.3 is 0 Å². The molecule has 2 aliphatic rings. The highest BCUT2D eigenvalue weighted by molar-refractivity contribution is 7.18. The fourth-order valence-corrected chi connectivity index (χ4v) is 4.14. The SMILES string of the molecule is O=C(C1CC1)N1CCC(c2nc3ccccc3s2)CC1. The molecule has 0 atom stereocenters. The van der Waals surface area contributed by atoms with E-state index in [1.807, 2.05) is 17.4 Å². The summed E-state index contributed by atoms with van der Waals surface area (Å²) < 4.78 is 1.28. The molecule has 2 fully saturated rings. The smallest absolute Gasteiger partial charge is 0.225 e. The van der Waals surface area contributed by atoms with Gasteiger partial charge in [0.2, 0.25) is 5.91 Å². The molecule has 1 aromatic heterocycles. The molecule has 20 heavy (non-hydrogen) atoms. The Morgan fingerprint density at radius 2 is 1.90 bits per heavy atom. The van der Waals surface area contributed by atoms with Crippen LogP contribution in [0.1, 0.15) is 36.6 Å². The van der Waals surface area contributed by atoms with Crippen LogP contribution < -0.4 is 0 Å². The van der Waals surface area contributed by atoms with E-state index in [1.165, 1.54) is 9.71 Å². The lowest BCUT2D eigenvalue weighted by Gasteiger charge is -2.31. The number of nitrogens with zero attached hydrogens (tertiary/aromatic N) is 2. The van der Waals surface area contributed by atoms with E-state index < -0.39 is 0 Å². The van der Waals surface area contributed by atoms with Crippen LogP contribution in [0.5, 0.6) is 0 Å². The minimum atomic E-state index is 0.356. The number of aromatic nitrogens is 1. The van der Waals surface area contributed by atoms with Crippen molar-refractivity contribution in [3.8, 4) is 0 Å². The zero-order chi connectivity index (χ0) is 13.5. The van der Waals surface area contributed by atoms with Crippen LogP contribution in [0.4, 0.5) is 0 Å². The molecule has 0 bridgehead atoms. The molecule has 2 heterocycles. The first-order valence-corrected chi connectivity index (χ1v) is 8.27. The molecule has 0 radical (unpaired) electrons.